The minimum absolute atomic E-state index is 0.0883. The molecule has 0 aliphatic carbocycles. The molecule has 1 aliphatic heterocycles. The maximum atomic E-state index is 13.0. The molecular weight excluding hydrogens is 309 g/mol. The van der Waals surface area contributed by atoms with E-state index in [0.29, 0.717) is 19.7 Å². The van der Waals surface area contributed by atoms with Crippen LogP contribution in [0.1, 0.15) is 24.8 Å². The van der Waals surface area contributed by atoms with Crippen molar-refractivity contribution >= 4 is 5.91 Å². The second-order valence-electron chi connectivity index (χ2n) is 6.14. The average Bonchev–Trinajstić information content (AvgIpc) is 2.60. The number of benzene rings is 1. The topological polar surface area (TPSA) is 53.6 Å². The SMILES string of the molecule is COCCNCCNC(=O)C1CCCCN1Cc1ccc(F)cc1. The third kappa shape index (κ3) is 6.19. The summed E-state index contributed by atoms with van der Waals surface area (Å²) in [5.74, 6) is -0.141. The van der Waals surface area contributed by atoms with Crippen molar-refractivity contribution in [1.29, 1.82) is 0 Å². The largest absolute Gasteiger partial charge is 0.383 e. The van der Waals surface area contributed by atoms with Crippen LogP contribution in [0.25, 0.3) is 0 Å². The van der Waals surface area contributed by atoms with Crippen LogP contribution in [-0.4, -0.2) is 56.7 Å². The van der Waals surface area contributed by atoms with Gasteiger partial charge in [-0.3, -0.25) is 9.69 Å². The molecule has 0 radical (unpaired) electrons. The summed E-state index contributed by atoms with van der Waals surface area (Å²) in [5, 5.41) is 6.22. The van der Waals surface area contributed by atoms with Crippen LogP contribution in [0.2, 0.25) is 0 Å². The monoisotopic (exact) mass is 337 g/mol. The summed E-state index contributed by atoms with van der Waals surface area (Å²) in [6.45, 7) is 4.39. The number of carbonyl (C=O) groups excluding carboxylic acids is 1. The van der Waals surface area contributed by atoms with Gasteiger partial charge >= 0.3 is 0 Å². The van der Waals surface area contributed by atoms with Gasteiger partial charge in [-0.05, 0) is 37.1 Å². The predicted molar refractivity (Wildman–Crippen MR) is 92.2 cm³/mol. The van der Waals surface area contributed by atoms with Crippen molar-refractivity contribution < 1.29 is 13.9 Å². The fourth-order valence-corrected chi connectivity index (χ4v) is 2.99. The lowest BCUT2D eigenvalue weighted by Gasteiger charge is -2.34. The first kappa shape index (κ1) is 18.8. The van der Waals surface area contributed by atoms with E-state index >= 15 is 0 Å². The number of methoxy groups -OCH3 is 1. The van der Waals surface area contributed by atoms with Gasteiger partial charge < -0.3 is 15.4 Å². The number of hydrogen-bond acceptors (Lipinski definition) is 4. The first-order chi connectivity index (χ1) is 11.7. The molecule has 1 unspecified atom stereocenters. The highest BCUT2D eigenvalue weighted by molar-refractivity contribution is 5.81. The molecule has 1 amide bonds. The summed E-state index contributed by atoms with van der Waals surface area (Å²) in [7, 11) is 1.67. The Balaban J connectivity index is 1.79. The Hall–Kier alpha value is -1.50. The van der Waals surface area contributed by atoms with Crippen molar-refractivity contribution in [3.8, 4) is 0 Å². The molecule has 1 aromatic carbocycles. The molecule has 1 fully saturated rings. The first-order valence-electron chi connectivity index (χ1n) is 8.66. The van der Waals surface area contributed by atoms with Crippen LogP contribution in [0.4, 0.5) is 4.39 Å². The van der Waals surface area contributed by atoms with E-state index in [9.17, 15) is 9.18 Å². The van der Waals surface area contributed by atoms with E-state index in [1.165, 1.54) is 12.1 Å². The third-order valence-corrected chi connectivity index (χ3v) is 4.30. The summed E-state index contributed by atoms with van der Waals surface area (Å²) in [4.78, 5) is 14.7. The number of carbonyl (C=O) groups is 1. The molecule has 24 heavy (non-hydrogen) atoms. The molecule has 5 nitrogen and oxygen atoms in total. The number of halogens is 1. The summed E-state index contributed by atoms with van der Waals surface area (Å²) in [6, 6.07) is 6.43. The zero-order valence-electron chi connectivity index (χ0n) is 14.4. The van der Waals surface area contributed by atoms with Crippen molar-refractivity contribution in [3.63, 3.8) is 0 Å². The van der Waals surface area contributed by atoms with E-state index in [2.05, 4.69) is 15.5 Å². The number of ether oxygens (including phenoxy) is 1. The molecule has 1 saturated heterocycles. The zero-order chi connectivity index (χ0) is 17.2. The van der Waals surface area contributed by atoms with Gasteiger partial charge in [0, 0.05) is 33.3 Å². The van der Waals surface area contributed by atoms with Crippen LogP contribution >= 0.6 is 0 Å². The Morgan fingerprint density at radius 2 is 2.04 bits per heavy atom. The number of piperidine rings is 1. The third-order valence-electron chi connectivity index (χ3n) is 4.30. The second kappa shape index (κ2) is 10.4. The maximum Gasteiger partial charge on any atom is 0.237 e. The lowest BCUT2D eigenvalue weighted by atomic mass is 10.0. The average molecular weight is 337 g/mol. The van der Waals surface area contributed by atoms with Crippen LogP contribution in [0.5, 0.6) is 0 Å². The highest BCUT2D eigenvalue weighted by Gasteiger charge is 2.28. The molecule has 2 N–H and O–H groups in total. The van der Waals surface area contributed by atoms with E-state index in [1.54, 1.807) is 19.2 Å². The molecule has 1 aliphatic rings. The van der Waals surface area contributed by atoms with Crippen LogP contribution in [0, 0.1) is 5.82 Å². The Kier molecular flexibility index (Phi) is 8.15. The summed E-state index contributed by atoms with van der Waals surface area (Å²) >= 11 is 0. The molecule has 6 heteroatoms. The van der Waals surface area contributed by atoms with Gasteiger partial charge in [0.05, 0.1) is 12.6 Å². The van der Waals surface area contributed by atoms with Crippen LogP contribution in [0.3, 0.4) is 0 Å². The zero-order valence-corrected chi connectivity index (χ0v) is 14.4. The van der Waals surface area contributed by atoms with Gasteiger partial charge in [-0.2, -0.15) is 0 Å². The number of nitrogens with zero attached hydrogens (tertiary/aromatic N) is 1. The molecule has 0 bridgehead atoms. The molecule has 134 valence electrons. The summed E-state index contributed by atoms with van der Waals surface area (Å²) < 4.78 is 18.0. The Bertz CT molecular complexity index is 496. The second-order valence-corrected chi connectivity index (χ2v) is 6.14. The number of nitrogens with one attached hydrogen (secondary N) is 2. The van der Waals surface area contributed by atoms with Crippen molar-refractivity contribution in [1.82, 2.24) is 15.5 Å². The van der Waals surface area contributed by atoms with E-state index in [4.69, 9.17) is 4.74 Å². The molecule has 2 rings (SSSR count). The van der Waals surface area contributed by atoms with Crippen LogP contribution in [0.15, 0.2) is 24.3 Å². The van der Waals surface area contributed by atoms with Gasteiger partial charge in [0.25, 0.3) is 0 Å². The fraction of sp³-hybridized carbons (Fsp3) is 0.611. The number of hydrogen-bond donors (Lipinski definition) is 2. The first-order valence-corrected chi connectivity index (χ1v) is 8.66. The lowest BCUT2D eigenvalue weighted by molar-refractivity contribution is -0.127. The van der Waals surface area contributed by atoms with E-state index in [1.807, 2.05) is 0 Å². The quantitative estimate of drug-likeness (QED) is 0.671. The molecule has 1 atom stereocenters. The summed E-state index contributed by atoms with van der Waals surface area (Å²) in [5.41, 5.74) is 1.04. The standard InChI is InChI=1S/C18H28FN3O2/c1-24-13-11-20-9-10-21-18(23)17-4-2-3-12-22(17)14-15-5-7-16(19)8-6-15/h5-8,17,20H,2-4,9-14H2,1H3,(H,21,23). The van der Waals surface area contributed by atoms with E-state index < -0.39 is 0 Å². The van der Waals surface area contributed by atoms with Crippen LogP contribution < -0.4 is 10.6 Å². The molecular formula is C18H28FN3O2. The fourth-order valence-electron chi connectivity index (χ4n) is 2.99. The Morgan fingerprint density at radius 1 is 1.25 bits per heavy atom. The lowest BCUT2D eigenvalue weighted by Crippen LogP contribution is -2.50. The summed E-state index contributed by atoms with van der Waals surface area (Å²) in [6.07, 6.45) is 3.05. The Morgan fingerprint density at radius 3 is 2.79 bits per heavy atom. The molecule has 0 saturated carbocycles. The number of likely N-dealkylation sites (tertiary alicyclic amines) is 1. The van der Waals surface area contributed by atoms with Gasteiger partial charge in [0.15, 0.2) is 0 Å². The van der Waals surface area contributed by atoms with Gasteiger partial charge in [0.1, 0.15) is 5.82 Å². The van der Waals surface area contributed by atoms with E-state index in [-0.39, 0.29) is 17.8 Å². The van der Waals surface area contributed by atoms with Crippen molar-refractivity contribution in [2.75, 3.05) is 39.9 Å². The predicted octanol–water partition coefficient (Wildman–Crippen LogP) is 1.53. The minimum atomic E-state index is -0.229. The van der Waals surface area contributed by atoms with Gasteiger partial charge in [-0.15, -0.1) is 0 Å². The van der Waals surface area contributed by atoms with Crippen molar-refractivity contribution in [3.05, 3.63) is 35.6 Å². The highest BCUT2D eigenvalue weighted by atomic mass is 19.1. The number of rotatable bonds is 9. The molecule has 0 aromatic heterocycles. The Labute approximate surface area is 143 Å². The van der Waals surface area contributed by atoms with Gasteiger partial charge in [-0.1, -0.05) is 18.6 Å². The minimum Gasteiger partial charge on any atom is -0.383 e. The van der Waals surface area contributed by atoms with Gasteiger partial charge in [-0.25, -0.2) is 4.39 Å². The molecule has 1 heterocycles. The molecule has 0 spiro atoms. The smallest absolute Gasteiger partial charge is 0.237 e. The van der Waals surface area contributed by atoms with Crippen LogP contribution in [-0.2, 0) is 16.1 Å². The molecule has 1 aromatic rings. The highest BCUT2D eigenvalue weighted by Crippen LogP contribution is 2.20. The van der Waals surface area contributed by atoms with Gasteiger partial charge in [0.2, 0.25) is 5.91 Å². The normalized spacial score (nSPS) is 18.5. The van der Waals surface area contributed by atoms with Crippen molar-refractivity contribution in [2.45, 2.75) is 31.8 Å². The maximum absolute atomic E-state index is 13.0. The van der Waals surface area contributed by atoms with E-state index in [0.717, 1.165) is 44.5 Å². The van der Waals surface area contributed by atoms with Crippen molar-refractivity contribution in [2.24, 2.45) is 0 Å². The number of amides is 1.